The zero-order chi connectivity index (χ0) is 14.8. The van der Waals surface area contributed by atoms with Crippen LogP contribution in [0.1, 0.15) is 22.3 Å². The van der Waals surface area contributed by atoms with Gasteiger partial charge in [0, 0.05) is 6.54 Å². The highest BCUT2D eigenvalue weighted by Gasteiger charge is 2.18. The van der Waals surface area contributed by atoms with Crippen molar-refractivity contribution in [2.45, 2.75) is 31.9 Å². The minimum Gasteiger partial charge on any atom is -0.392 e. The molecule has 0 aliphatic rings. The molecule has 0 aliphatic heterocycles. The van der Waals surface area contributed by atoms with E-state index in [2.05, 4.69) is 4.72 Å². The third-order valence-corrected chi connectivity index (χ3v) is 5.42. The number of sulfonamides is 1. The normalized spacial score (nSPS) is 11.8. The van der Waals surface area contributed by atoms with E-state index in [1.54, 1.807) is 19.1 Å². The summed E-state index contributed by atoms with van der Waals surface area (Å²) in [4.78, 5) is 0.224. The highest BCUT2D eigenvalue weighted by atomic mass is 32.2. The molecule has 6 heteroatoms. The van der Waals surface area contributed by atoms with Crippen LogP contribution in [0, 0.1) is 13.8 Å². The van der Waals surface area contributed by atoms with Crippen LogP contribution in [-0.2, 0) is 23.2 Å². The maximum atomic E-state index is 12.3. The maximum Gasteiger partial charge on any atom is 0.241 e. The van der Waals surface area contributed by atoms with Crippen LogP contribution in [0.15, 0.2) is 33.9 Å². The Kier molecular flexibility index (Phi) is 4.59. The molecule has 4 nitrogen and oxygen atoms in total. The lowest BCUT2D eigenvalue weighted by molar-refractivity contribution is 0.280. The summed E-state index contributed by atoms with van der Waals surface area (Å²) < 4.78 is 27.3. The molecule has 1 aromatic carbocycles. The fourth-order valence-corrected chi connectivity index (χ4v) is 3.94. The van der Waals surface area contributed by atoms with Gasteiger partial charge >= 0.3 is 0 Å². The molecule has 0 amide bonds. The average molecular weight is 311 g/mol. The number of aliphatic hydroxyl groups excluding tert-OH is 1. The molecule has 0 bridgehead atoms. The third kappa shape index (κ3) is 3.27. The molecule has 2 aromatic rings. The Morgan fingerprint density at radius 2 is 2.00 bits per heavy atom. The first kappa shape index (κ1) is 15.2. The molecule has 2 rings (SSSR count). The largest absolute Gasteiger partial charge is 0.392 e. The number of nitrogens with one attached hydrogen (secondary N) is 1. The predicted octanol–water partition coefficient (Wildman–Crippen LogP) is 2.34. The first-order valence-electron chi connectivity index (χ1n) is 6.16. The summed E-state index contributed by atoms with van der Waals surface area (Å²) in [5.74, 6) is 0. The van der Waals surface area contributed by atoms with Gasteiger partial charge in [0.15, 0.2) is 0 Å². The van der Waals surface area contributed by atoms with Crippen molar-refractivity contribution in [1.29, 1.82) is 0 Å². The van der Waals surface area contributed by atoms with Crippen LogP contribution in [0.4, 0.5) is 0 Å². The zero-order valence-corrected chi connectivity index (χ0v) is 13.0. The maximum absolute atomic E-state index is 12.3. The average Bonchev–Trinajstić information content (AvgIpc) is 2.89. The van der Waals surface area contributed by atoms with Gasteiger partial charge in [0.1, 0.15) is 0 Å². The molecule has 0 spiro atoms. The van der Waals surface area contributed by atoms with Gasteiger partial charge in [-0.2, -0.15) is 11.3 Å². The van der Waals surface area contributed by atoms with E-state index in [1.807, 2.05) is 23.8 Å². The lowest BCUT2D eigenvalue weighted by atomic mass is 10.1. The second kappa shape index (κ2) is 6.05. The topological polar surface area (TPSA) is 66.4 Å². The third-order valence-electron chi connectivity index (χ3n) is 3.14. The van der Waals surface area contributed by atoms with Crippen molar-refractivity contribution in [3.63, 3.8) is 0 Å². The molecule has 0 fully saturated rings. The Balaban J connectivity index is 2.29. The minimum absolute atomic E-state index is 0.167. The fourth-order valence-electron chi connectivity index (χ4n) is 1.98. The number of benzene rings is 1. The summed E-state index contributed by atoms with van der Waals surface area (Å²) in [5.41, 5.74) is 3.14. The lowest BCUT2D eigenvalue weighted by Crippen LogP contribution is -2.24. The van der Waals surface area contributed by atoms with Crippen molar-refractivity contribution in [2.75, 3.05) is 0 Å². The van der Waals surface area contributed by atoms with Crippen LogP contribution in [0.5, 0.6) is 0 Å². The smallest absolute Gasteiger partial charge is 0.241 e. The van der Waals surface area contributed by atoms with Crippen LogP contribution >= 0.6 is 11.3 Å². The summed E-state index contributed by atoms with van der Waals surface area (Å²) in [6.45, 7) is 3.72. The van der Waals surface area contributed by atoms with E-state index in [9.17, 15) is 13.5 Å². The van der Waals surface area contributed by atoms with Crippen molar-refractivity contribution in [3.05, 3.63) is 51.2 Å². The van der Waals surface area contributed by atoms with E-state index >= 15 is 0 Å². The molecule has 1 heterocycles. The van der Waals surface area contributed by atoms with Gasteiger partial charge in [0.2, 0.25) is 10.0 Å². The van der Waals surface area contributed by atoms with Gasteiger partial charge < -0.3 is 5.11 Å². The molecule has 0 atom stereocenters. The molecule has 0 radical (unpaired) electrons. The molecule has 0 aliphatic carbocycles. The lowest BCUT2D eigenvalue weighted by Gasteiger charge is -2.12. The van der Waals surface area contributed by atoms with Gasteiger partial charge in [0.05, 0.1) is 11.5 Å². The monoisotopic (exact) mass is 311 g/mol. The van der Waals surface area contributed by atoms with Crippen LogP contribution in [-0.4, -0.2) is 13.5 Å². The molecule has 20 heavy (non-hydrogen) atoms. The summed E-state index contributed by atoms with van der Waals surface area (Å²) in [5, 5.41) is 13.1. The van der Waals surface area contributed by atoms with Crippen molar-refractivity contribution in [3.8, 4) is 0 Å². The van der Waals surface area contributed by atoms with Crippen LogP contribution < -0.4 is 4.72 Å². The van der Waals surface area contributed by atoms with Crippen molar-refractivity contribution >= 4 is 21.4 Å². The first-order chi connectivity index (χ1) is 9.44. The van der Waals surface area contributed by atoms with E-state index < -0.39 is 10.0 Å². The van der Waals surface area contributed by atoms with Crippen LogP contribution in [0.25, 0.3) is 0 Å². The highest BCUT2D eigenvalue weighted by molar-refractivity contribution is 7.89. The quantitative estimate of drug-likeness (QED) is 0.890. The zero-order valence-electron chi connectivity index (χ0n) is 11.4. The van der Waals surface area contributed by atoms with Crippen molar-refractivity contribution < 1.29 is 13.5 Å². The van der Waals surface area contributed by atoms with Crippen molar-refractivity contribution in [1.82, 2.24) is 4.72 Å². The van der Waals surface area contributed by atoms with Crippen LogP contribution in [0.3, 0.4) is 0 Å². The van der Waals surface area contributed by atoms with Gasteiger partial charge in [-0.25, -0.2) is 13.1 Å². The number of thiophene rings is 1. The predicted molar refractivity (Wildman–Crippen MR) is 80.2 cm³/mol. The SMILES string of the molecule is Cc1cc(C)c(S(=O)(=O)NCc2ccsc2)cc1CO. The molecule has 1 aromatic heterocycles. The van der Waals surface area contributed by atoms with Crippen LogP contribution in [0.2, 0.25) is 0 Å². The fraction of sp³-hybridized carbons (Fsp3) is 0.286. The van der Waals surface area contributed by atoms with E-state index in [-0.39, 0.29) is 18.0 Å². The molecule has 0 unspecified atom stereocenters. The Labute approximate surface area is 123 Å². The van der Waals surface area contributed by atoms with E-state index in [0.717, 1.165) is 11.1 Å². The highest BCUT2D eigenvalue weighted by Crippen LogP contribution is 2.21. The number of hydrogen-bond acceptors (Lipinski definition) is 4. The Hall–Kier alpha value is -1.21. The summed E-state index contributed by atoms with van der Waals surface area (Å²) >= 11 is 1.53. The summed E-state index contributed by atoms with van der Waals surface area (Å²) in [6, 6.07) is 5.21. The Bertz CT molecular complexity index is 691. The van der Waals surface area contributed by atoms with Gasteiger partial charge in [0.25, 0.3) is 0 Å². The molecule has 0 saturated carbocycles. The molecule has 0 saturated heterocycles. The molecule has 108 valence electrons. The first-order valence-corrected chi connectivity index (χ1v) is 8.58. The van der Waals surface area contributed by atoms with Crippen molar-refractivity contribution in [2.24, 2.45) is 0 Å². The van der Waals surface area contributed by atoms with E-state index in [4.69, 9.17) is 0 Å². The molecule has 2 N–H and O–H groups in total. The van der Waals surface area contributed by atoms with E-state index in [1.165, 1.54) is 11.3 Å². The summed E-state index contributed by atoms with van der Waals surface area (Å²) in [6.07, 6.45) is 0. The molecular formula is C14H17NO3S2. The van der Waals surface area contributed by atoms with E-state index in [0.29, 0.717) is 11.1 Å². The van der Waals surface area contributed by atoms with Gasteiger partial charge in [-0.15, -0.1) is 0 Å². The van der Waals surface area contributed by atoms with Gasteiger partial charge in [-0.3, -0.25) is 0 Å². The number of aliphatic hydroxyl groups is 1. The second-order valence-electron chi connectivity index (χ2n) is 4.66. The number of hydrogen-bond donors (Lipinski definition) is 2. The van der Waals surface area contributed by atoms with Gasteiger partial charge in [-0.1, -0.05) is 6.07 Å². The Morgan fingerprint density at radius 3 is 2.60 bits per heavy atom. The summed E-state index contributed by atoms with van der Waals surface area (Å²) in [7, 11) is -3.57. The van der Waals surface area contributed by atoms with Gasteiger partial charge in [-0.05, 0) is 59.0 Å². The molecular weight excluding hydrogens is 294 g/mol. The standard InChI is InChI=1S/C14H17NO3S2/c1-10-5-11(2)14(6-13(10)8-16)20(17,18)15-7-12-3-4-19-9-12/h3-6,9,15-16H,7-8H2,1-2H3. The second-order valence-corrected chi connectivity index (χ2v) is 7.17. The number of aryl methyl sites for hydroxylation is 2. The Morgan fingerprint density at radius 1 is 1.25 bits per heavy atom. The number of rotatable bonds is 5. The minimum atomic E-state index is -3.57.